The third kappa shape index (κ3) is 4.27. The Hall–Kier alpha value is -1.99. The summed E-state index contributed by atoms with van der Waals surface area (Å²) in [6, 6.07) is 9.66. The number of methoxy groups -OCH3 is 1. The number of aromatic nitrogens is 3. The van der Waals surface area contributed by atoms with Gasteiger partial charge in [-0.25, -0.2) is 4.98 Å². The van der Waals surface area contributed by atoms with E-state index in [1.807, 2.05) is 41.9 Å². The van der Waals surface area contributed by atoms with Crippen LogP contribution >= 0.6 is 11.3 Å². The van der Waals surface area contributed by atoms with E-state index in [2.05, 4.69) is 10.1 Å². The van der Waals surface area contributed by atoms with E-state index < -0.39 is 10.8 Å². The monoisotopic (exact) mass is 347 g/mol. The second-order valence-electron chi connectivity index (χ2n) is 4.93. The zero-order valence-electron chi connectivity index (χ0n) is 12.7. The molecule has 0 bridgehead atoms. The summed E-state index contributed by atoms with van der Waals surface area (Å²) in [5.74, 6) is 1.88. The Bertz CT molecular complexity index is 767. The van der Waals surface area contributed by atoms with Gasteiger partial charge in [-0.1, -0.05) is 0 Å². The summed E-state index contributed by atoms with van der Waals surface area (Å²) < 4.78 is 19.1. The second-order valence-corrected chi connectivity index (χ2v) is 7.36. The fraction of sp³-hybridized carbons (Fsp3) is 0.250. The van der Waals surface area contributed by atoms with Gasteiger partial charge in [0, 0.05) is 39.9 Å². The second kappa shape index (κ2) is 7.52. The molecule has 2 aromatic heterocycles. The summed E-state index contributed by atoms with van der Waals surface area (Å²) in [5, 5.41) is 7.03. The van der Waals surface area contributed by atoms with Crippen LogP contribution in [0.5, 0.6) is 5.75 Å². The highest BCUT2D eigenvalue weighted by molar-refractivity contribution is 7.84. The number of ether oxygens (including phenoxy) is 1. The van der Waals surface area contributed by atoms with E-state index in [1.54, 1.807) is 29.3 Å². The Balaban J connectivity index is 1.58. The average Bonchev–Trinajstić information content (AvgIpc) is 3.25. The highest BCUT2D eigenvalue weighted by Gasteiger charge is 2.08. The lowest BCUT2D eigenvalue weighted by Crippen LogP contribution is -2.09. The third-order valence-electron chi connectivity index (χ3n) is 3.30. The first-order chi connectivity index (χ1) is 11.2. The van der Waals surface area contributed by atoms with Crippen LogP contribution in [-0.4, -0.2) is 31.8 Å². The lowest BCUT2D eigenvalue weighted by atomic mass is 10.2. The number of rotatable bonds is 7. The summed E-state index contributed by atoms with van der Waals surface area (Å²) in [7, 11) is 0.707. The maximum absolute atomic E-state index is 12.2. The Morgan fingerprint density at radius 2 is 2.13 bits per heavy atom. The molecule has 2 heterocycles. The molecule has 23 heavy (non-hydrogen) atoms. The largest absolute Gasteiger partial charge is 0.497 e. The van der Waals surface area contributed by atoms with Crippen molar-refractivity contribution in [3.8, 4) is 16.3 Å². The van der Waals surface area contributed by atoms with E-state index in [-0.39, 0.29) is 0 Å². The zero-order valence-corrected chi connectivity index (χ0v) is 14.3. The van der Waals surface area contributed by atoms with Crippen molar-refractivity contribution in [3.63, 3.8) is 0 Å². The van der Waals surface area contributed by atoms with Gasteiger partial charge in [0.05, 0.1) is 25.1 Å². The van der Waals surface area contributed by atoms with Crippen molar-refractivity contribution < 1.29 is 8.95 Å². The van der Waals surface area contributed by atoms with E-state index in [4.69, 9.17) is 4.74 Å². The molecule has 3 aromatic rings. The molecule has 0 spiro atoms. The molecule has 0 fully saturated rings. The molecule has 0 aliphatic carbocycles. The van der Waals surface area contributed by atoms with Crippen LogP contribution < -0.4 is 4.74 Å². The molecule has 1 atom stereocenters. The van der Waals surface area contributed by atoms with E-state index in [1.165, 1.54) is 0 Å². The number of nitrogens with zero attached hydrogens (tertiary/aromatic N) is 3. The van der Waals surface area contributed by atoms with Gasteiger partial charge in [0.25, 0.3) is 0 Å². The smallest absolute Gasteiger partial charge is 0.123 e. The van der Waals surface area contributed by atoms with Crippen molar-refractivity contribution in [1.82, 2.24) is 14.8 Å². The van der Waals surface area contributed by atoms with Crippen molar-refractivity contribution in [2.45, 2.75) is 12.3 Å². The summed E-state index contributed by atoms with van der Waals surface area (Å²) in [6.07, 6.45) is 3.60. The van der Waals surface area contributed by atoms with Crippen LogP contribution in [0.25, 0.3) is 10.6 Å². The molecular weight excluding hydrogens is 330 g/mol. The highest BCUT2D eigenvalue weighted by Crippen LogP contribution is 2.26. The van der Waals surface area contributed by atoms with E-state index in [0.717, 1.165) is 22.0 Å². The van der Waals surface area contributed by atoms with Gasteiger partial charge in [-0.3, -0.25) is 8.89 Å². The minimum Gasteiger partial charge on any atom is -0.497 e. The number of benzene rings is 1. The molecule has 120 valence electrons. The van der Waals surface area contributed by atoms with E-state index in [0.29, 0.717) is 18.1 Å². The zero-order chi connectivity index (χ0) is 16.1. The average molecular weight is 347 g/mol. The number of aryl methyl sites for hydroxylation is 1. The predicted octanol–water partition coefficient (Wildman–Crippen LogP) is 2.96. The van der Waals surface area contributed by atoms with Crippen molar-refractivity contribution in [2.75, 3.05) is 12.9 Å². The van der Waals surface area contributed by atoms with Crippen LogP contribution in [0.4, 0.5) is 0 Å². The lowest BCUT2D eigenvalue weighted by molar-refractivity contribution is 0.415. The molecular formula is C16H17N3O2S2. The summed E-state index contributed by atoms with van der Waals surface area (Å²) >= 11 is 1.57. The van der Waals surface area contributed by atoms with Gasteiger partial charge in [0.15, 0.2) is 0 Å². The molecule has 1 aromatic carbocycles. The SMILES string of the molecule is COc1ccc(-c2nc(C[S@](=O)CCn3cccn3)cs2)cc1. The van der Waals surface area contributed by atoms with Gasteiger partial charge < -0.3 is 4.74 Å². The minimum absolute atomic E-state index is 0.480. The van der Waals surface area contributed by atoms with Crippen LogP contribution in [-0.2, 0) is 23.1 Å². The molecule has 0 radical (unpaired) electrons. The molecule has 3 rings (SSSR count). The number of hydrogen-bond acceptors (Lipinski definition) is 5. The molecule has 0 aliphatic heterocycles. The molecule has 0 amide bonds. The van der Waals surface area contributed by atoms with Crippen LogP contribution in [0.3, 0.4) is 0 Å². The Morgan fingerprint density at radius 1 is 1.30 bits per heavy atom. The normalized spacial score (nSPS) is 12.2. The van der Waals surface area contributed by atoms with Crippen molar-refractivity contribution in [1.29, 1.82) is 0 Å². The Labute approximate surface area is 141 Å². The quantitative estimate of drug-likeness (QED) is 0.659. The van der Waals surface area contributed by atoms with Gasteiger partial charge in [0.1, 0.15) is 10.8 Å². The lowest BCUT2D eigenvalue weighted by Gasteiger charge is -2.01. The first-order valence-electron chi connectivity index (χ1n) is 7.16. The van der Waals surface area contributed by atoms with E-state index in [9.17, 15) is 4.21 Å². The van der Waals surface area contributed by atoms with Crippen molar-refractivity contribution >= 4 is 22.1 Å². The maximum Gasteiger partial charge on any atom is 0.123 e. The molecule has 0 N–H and O–H groups in total. The standard InChI is InChI=1S/C16H17N3O2S2/c1-21-15-5-3-13(4-6-15)16-18-14(11-22-16)12-23(20)10-9-19-8-2-7-17-19/h2-8,11H,9-10,12H2,1H3/t23-/m1/s1. The molecule has 0 aliphatic rings. The Kier molecular flexibility index (Phi) is 5.19. The van der Waals surface area contributed by atoms with E-state index >= 15 is 0 Å². The number of hydrogen-bond donors (Lipinski definition) is 0. The van der Waals surface area contributed by atoms with Crippen LogP contribution in [0, 0.1) is 0 Å². The van der Waals surface area contributed by atoms with Crippen molar-refractivity contribution in [3.05, 3.63) is 53.8 Å². The summed E-state index contributed by atoms with van der Waals surface area (Å²) in [6.45, 7) is 0.662. The van der Waals surface area contributed by atoms with Gasteiger partial charge >= 0.3 is 0 Å². The summed E-state index contributed by atoms with van der Waals surface area (Å²) in [5.41, 5.74) is 1.92. The van der Waals surface area contributed by atoms with Gasteiger partial charge in [-0.05, 0) is 30.3 Å². The van der Waals surface area contributed by atoms with Gasteiger partial charge in [-0.15, -0.1) is 11.3 Å². The maximum atomic E-state index is 12.2. The van der Waals surface area contributed by atoms with Crippen molar-refractivity contribution in [2.24, 2.45) is 0 Å². The first-order valence-corrected chi connectivity index (χ1v) is 9.52. The topological polar surface area (TPSA) is 57.0 Å². The third-order valence-corrected chi connectivity index (χ3v) is 5.50. The molecule has 7 heteroatoms. The molecule has 0 saturated carbocycles. The van der Waals surface area contributed by atoms with Crippen LogP contribution in [0.2, 0.25) is 0 Å². The Morgan fingerprint density at radius 3 is 2.83 bits per heavy atom. The minimum atomic E-state index is -0.940. The fourth-order valence-corrected chi connectivity index (χ4v) is 4.05. The van der Waals surface area contributed by atoms with Gasteiger partial charge in [0.2, 0.25) is 0 Å². The van der Waals surface area contributed by atoms with Crippen LogP contribution in [0.15, 0.2) is 48.1 Å². The molecule has 0 saturated heterocycles. The number of thiazole rings is 1. The van der Waals surface area contributed by atoms with Crippen LogP contribution in [0.1, 0.15) is 5.69 Å². The van der Waals surface area contributed by atoms with Gasteiger partial charge in [-0.2, -0.15) is 5.10 Å². The molecule has 5 nitrogen and oxygen atoms in total. The summed E-state index contributed by atoms with van der Waals surface area (Å²) in [4.78, 5) is 4.58. The molecule has 0 unspecified atom stereocenters. The highest BCUT2D eigenvalue weighted by atomic mass is 32.2. The first kappa shape index (κ1) is 15.9. The predicted molar refractivity (Wildman–Crippen MR) is 93.0 cm³/mol. The fourth-order valence-electron chi connectivity index (χ4n) is 2.10.